The van der Waals surface area contributed by atoms with Crippen LogP contribution in [0, 0.1) is 0 Å². The summed E-state index contributed by atoms with van der Waals surface area (Å²) >= 11 is 0. The second kappa shape index (κ2) is 8.41. The molecular weight excluding hydrogens is 370 g/mol. The van der Waals surface area contributed by atoms with E-state index in [0.29, 0.717) is 5.69 Å². The third kappa shape index (κ3) is 5.08. The molecule has 0 unspecified atom stereocenters. The molecule has 1 aliphatic heterocycles. The number of amides is 1. The summed E-state index contributed by atoms with van der Waals surface area (Å²) in [7, 11) is 1.21. The average molecular weight is 395 g/mol. The van der Waals surface area contributed by atoms with Crippen molar-refractivity contribution in [2.45, 2.75) is 64.8 Å². The number of esters is 2. The number of ketones is 1. The Labute approximate surface area is 162 Å². The van der Waals surface area contributed by atoms with Crippen LogP contribution in [0.25, 0.3) is 0 Å². The summed E-state index contributed by atoms with van der Waals surface area (Å²) in [4.78, 5) is 56.2. The van der Waals surface area contributed by atoms with Gasteiger partial charge in [0.1, 0.15) is 24.3 Å². The summed E-state index contributed by atoms with van der Waals surface area (Å²) in [5.74, 6) is -1.40. The van der Waals surface area contributed by atoms with Crippen molar-refractivity contribution in [3.8, 4) is 0 Å². The first-order chi connectivity index (χ1) is 13.0. The Balaban J connectivity index is 2.11. The number of aromatic nitrogens is 2. The fraction of sp³-hybridized carbons (Fsp3) is 0.611. The molecule has 2 rings (SSSR count). The number of methoxy groups -OCH3 is 1. The minimum atomic E-state index is -0.981. The lowest BCUT2D eigenvalue weighted by atomic mass is 10.2. The number of Topliss-reactive ketones (excluding diaryl/α,β-unsaturated/α-hetero) is 1. The number of imidazole rings is 1. The summed E-state index contributed by atoms with van der Waals surface area (Å²) in [5, 5.41) is 0. The Morgan fingerprint density at radius 1 is 1.18 bits per heavy atom. The van der Waals surface area contributed by atoms with Gasteiger partial charge in [-0.3, -0.25) is 9.69 Å². The highest BCUT2D eigenvalue weighted by atomic mass is 16.6. The van der Waals surface area contributed by atoms with E-state index in [0.717, 1.165) is 4.90 Å². The van der Waals surface area contributed by atoms with E-state index in [2.05, 4.69) is 9.97 Å². The monoisotopic (exact) mass is 395 g/mol. The van der Waals surface area contributed by atoms with E-state index in [-0.39, 0.29) is 31.1 Å². The molecule has 1 N–H and O–H groups in total. The van der Waals surface area contributed by atoms with Gasteiger partial charge in [0.2, 0.25) is 0 Å². The van der Waals surface area contributed by atoms with E-state index in [1.54, 1.807) is 20.8 Å². The van der Waals surface area contributed by atoms with E-state index in [1.807, 2.05) is 0 Å². The van der Waals surface area contributed by atoms with E-state index >= 15 is 0 Å². The van der Waals surface area contributed by atoms with Gasteiger partial charge in [0.05, 0.1) is 12.8 Å². The number of likely N-dealkylation sites (tertiary alicyclic amines) is 1. The maximum atomic E-state index is 12.6. The van der Waals surface area contributed by atoms with Crippen molar-refractivity contribution < 1.29 is 33.4 Å². The van der Waals surface area contributed by atoms with Gasteiger partial charge in [-0.1, -0.05) is 0 Å². The van der Waals surface area contributed by atoms with E-state index in [4.69, 9.17) is 14.2 Å². The summed E-state index contributed by atoms with van der Waals surface area (Å²) in [6, 6.07) is -1.91. The third-order valence-corrected chi connectivity index (χ3v) is 4.06. The normalized spacial score (nSPS) is 19.2. The SMILES string of the molecule is COC(=O)[C@@H]1CC[C@@H](C(=O)OCc2c[nH]c(C(C)=O)n2)N1C(=O)OC(C)(C)C. The van der Waals surface area contributed by atoms with Gasteiger partial charge in [0.15, 0.2) is 11.6 Å². The molecule has 10 heteroatoms. The molecule has 2 atom stereocenters. The molecule has 1 aromatic rings. The summed E-state index contributed by atoms with van der Waals surface area (Å²) in [6.07, 6.45) is 1.15. The zero-order valence-corrected chi connectivity index (χ0v) is 16.6. The molecule has 0 aromatic carbocycles. The van der Waals surface area contributed by atoms with Crippen molar-refractivity contribution in [2.75, 3.05) is 7.11 Å². The number of hydrogen-bond acceptors (Lipinski definition) is 8. The van der Waals surface area contributed by atoms with Crippen LogP contribution >= 0.6 is 0 Å². The van der Waals surface area contributed by atoms with Crippen LogP contribution in [-0.4, -0.2) is 63.5 Å². The Morgan fingerprint density at radius 3 is 2.29 bits per heavy atom. The van der Waals surface area contributed by atoms with Gasteiger partial charge in [-0.05, 0) is 33.6 Å². The minimum absolute atomic E-state index is 0.160. The van der Waals surface area contributed by atoms with Crippen molar-refractivity contribution in [2.24, 2.45) is 0 Å². The van der Waals surface area contributed by atoms with Gasteiger partial charge in [-0.25, -0.2) is 19.4 Å². The maximum Gasteiger partial charge on any atom is 0.411 e. The molecule has 154 valence electrons. The fourth-order valence-electron chi connectivity index (χ4n) is 2.83. The van der Waals surface area contributed by atoms with Crippen molar-refractivity contribution in [3.05, 3.63) is 17.7 Å². The van der Waals surface area contributed by atoms with E-state index in [1.165, 1.54) is 20.2 Å². The van der Waals surface area contributed by atoms with Gasteiger partial charge in [0.25, 0.3) is 0 Å². The second-order valence-electron chi connectivity index (χ2n) is 7.42. The first-order valence-electron chi connectivity index (χ1n) is 8.84. The number of ether oxygens (including phenoxy) is 3. The van der Waals surface area contributed by atoms with Crippen molar-refractivity contribution in [1.29, 1.82) is 0 Å². The Bertz CT molecular complexity index is 765. The predicted octanol–water partition coefficient (Wildman–Crippen LogP) is 1.60. The highest BCUT2D eigenvalue weighted by Crippen LogP contribution is 2.28. The summed E-state index contributed by atoms with van der Waals surface area (Å²) < 4.78 is 15.3. The molecule has 1 fully saturated rings. The molecule has 0 bridgehead atoms. The Hall–Kier alpha value is -2.91. The summed E-state index contributed by atoms with van der Waals surface area (Å²) in [6.45, 7) is 6.24. The number of hydrogen-bond donors (Lipinski definition) is 1. The average Bonchev–Trinajstić information content (AvgIpc) is 3.24. The Kier molecular flexibility index (Phi) is 6.42. The van der Waals surface area contributed by atoms with Gasteiger partial charge in [-0.15, -0.1) is 0 Å². The van der Waals surface area contributed by atoms with Gasteiger partial charge in [-0.2, -0.15) is 0 Å². The maximum absolute atomic E-state index is 12.6. The first-order valence-corrected chi connectivity index (χ1v) is 8.84. The fourth-order valence-corrected chi connectivity index (χ4v) is 2.83. The van der Waals surface area contributed by atoms with Crippen LogP contribution in [0.4, 0.5) is 4.79 Å². The van der Waals surface area contributed by atoms with Crippen molar-refractivity contribution in [3.63, 3.8) is 0 Å². The molecule has 1 aromatic heterocycles. The largest absolute Gasteiger partial charge is 0.467 e. The quantitative estimate of drug-likeness (QED) is 0.452. The predicted molar refractivity (Wildman–Crippen MR) is 95.3 cm³/mol. The summed E-state index contributed by atoms with van der Waals surface area (Å²) in [5.41, 5.74) is -0.433. The zero-order chi connectivity index (χ0) is 21.1. The van der Waals surface area contributed by atoms with Crippen LogP contribution in [0.1, 0.15) is 56.8 Å². The number of nitrogens with zero attached hydrogens (tertiary/aromatic N) is 2. The van der Waals surface area contributed by atoms with Crippen LogP contribution < -0.4 is 0 Å². The van der Waals surface area contributed by atoms with Gasteiger partial charge < -0.3 is 19.2 Å². The molecule has 1 aliphatic rings. The van der Waals surface area contributed by atoms with Crippen LogP contribution in [-0.2, 0) is 30.4 Å². The molecular formula is C18H25N3O7. The molecule has 0 radical (unpaired) electrons. The topological polar surface area (TPSA) is 128 Å². The second-order valence-corrected chi connectivity index (χ2v) is 7.42. The van der Waals surface area contributed by atoms with Gasteiger partial charge in [0, 0.05) is 13.1 Å². The highest BCUT2D eigenvalue weighted by molar-refractivity contribution is 5.90. The smallest absolute Gasteiger partial charge is 0.411 e. The number of H-pyrrole nitrogens is 1. The number of aromatic amines is 1. The molecule has 10 nitrogen and oxygen atoms in total. The van der Waals surface area contributed by atoms with E-state index < -0.39 is 35.7 Å². The highest BCUT2D eigenvalue weighted by Gasteiger charge is 2.47. The number of nitrogens with one attached hydrogen (secondary N) is 1. The molecule has 0 aliphatic carbocycles. The van der Waals surface area contributed by atoms with E-state index in [9.17, 15) is 19.2 Å². The van der Waals surface area contributed by atoms with Crippen LogP contribution in [0.2, 0.25) is 0 Å². The lowest BCUT2D eigenvalue weighted by molar-refractivity contribution is -0.153. The van der Waals surface area contributed by atoms with Crippen LogP contribution in [0.5, 0.6) is 0 Å². The zero-order valence-electron chi connectivity index (χ0n) is 16.6. The van der Waals surface area contributed by atoms with Gasteiger partial charge >= 0.3 is 18.0 Å². The third-order valence-electron chi connectivity index (χ3n) is 4.06. The molecule has 0 spiro atoms. The lowest BCUT2D eigenvalue weighted by Gasteiger charge is -2.30. The number of rotatable bonds is 5. The standard InChI is InChI=1S/C18H25N3O7/c1-10(22)14-19-8-11(20-14)9-27-16(24)13-7-6-12(15(23)26-5)21(13)17(25)28-18(2,3)4/h8,12-13H,6-7,9H2,1-5H3,(H,19,20)/t12-,13-/m0/s1. The number of carbonyl (C=O) groups is 4. The first kappa shape index (κ1) is 21.4. The molecule has 28 heavy (non-hydrogen) atoms. The minimum Gasteiger partial charge on any atom is -0.467 e. The van der Waals surface area contributed by atoms with Crippen molar-refractivity contribution in [1.82, 2.24) is 14.9 Å². The molecule has 1 amide bonds. The lowest BCUT2D eigenvalue weighted by Crippen LogP contribution is -2.50. The Morgan fingerprint density at radius 2 is 1.79 bits per heavy atom. The van der Waals surface area contributed by atoms with Crippen molar-refractivity contribution >= 4 is 23.8 Å². The number of carbonyl (C=O) groups excluding carboxylic acids is 4. The molecule has 1 saturated heterocycles. The van der Waals surface area contributed by atoms with Crippen LogP contribution in [0.3, 0.4) is 0 Å². The van der Waals surface area contributed by atoms with Crippen LogP contribution in [0.15, 0.2) is 6.20 Å². The molecule has 2 heterocycles. The molecule has 0 saturated carbocycles.